The molecule has 2 aromatic carbocycles. The van der Waals surface area contributed by atoms with Crippen molar-refractivity contribution < 1.29 is 9.47 Å². The van der Waals surface area contributed by atoms with Crippen molar-refractivity contribution in [3.05, 3.63) is 59.1 Å². The van der Waals surface area contributed by atoms with Crippen LogP contribution in [0.25, 0.3) is 22.0 Å². The lowest BCUT2D eigenvalue weighted by Crippen LogP contribution is -1.92. The van der Waals surface area contributed by atoms with E-state index in [-0.39, 0.29) is 6.79 Å². The van der Waals surface area contributed by atoms with Crippen LogP contribution in [0.2, 0.25) is 0 Å². The molecule has 1 N–H and O–H groups in total. The number of fused-ring (bicyclic) bond motifs is 1. The SMILES string of the molecule is Cc1ccc(-c2nc(SCc3csc(-c4ccc5c(c4)OCO5)n3)n[nH]2)cc1. The topological polar surface area (TPSA) is 72.9 Å². The number of hydrogen-bond donors (Lipinski definition) is 1. The normalized spacial score (nSPS) is 12.5. The van der Waals surface area contributed by atoms with Gasteiger partial charge in [0, 0.05) is 22.3 Å². The summed E-state index contributed by atoms with van der Waals surface area (Å²) >= 11 is 3.18. The molecule has 0 saturated carbocycles. The number of benzene rings is 2. The van der Waals surface area contributed by atoms with E-state index in [0.29, 0.717) is 10.9 Å². The van der Waals surface area contributed by atoms with Crippen LogP contribution < -0.4 is 9.47 Å². The van der Waals surface area contributed by atoms with Crippen LogP contribution in [0.4, 0.5) is 0 Å². The van der Waals surface area contributed by atoms with Gasteiger partial charge < -0.3 is 9.47 Å². The van der Waals surface area contributed by atoms with Crippen molar-refractivity contribution >= 4 is 23.1 Å². The van der Waals surface area contributed by atoms with Crippen LogP contribution >= 0.6 is 23.1 Å². The fraction of sp³-hybridized carbons (Fsp3) is 0.150. The first-order valence-electron chi connectivity index (χ1n) is 8.71. The van der Waals surface area contributed by atoms with Crippen molar-refractivity contribution in [3.8, 4) is 33.5 Å². The summed E-state index contributed by atoms with van der Waals surface area (Å²) in [7, 11) is 0. The number of aromatic nitrogens is 4. The van der Waals surface area contributed by atoms with Gasteiger partial charge in [-0.2, -0.15) is 0 Å². The van der Waals surface area contributed by atoms with Crippen LogP contribution in [-0.4, -0.2) is 27.0 Å². The fourth-order valence-corrected chi connectivity index (χ4v) is 4.44. The molecule has 1 aliphatic rings. The third-order valence-electron chi connectivity index (χ3n) is 4.31. The zero-order chi connectivity index (χ0) is 18.9. The van der Waals surface area contributed by atoms with Gasteiger partial charge in [-0.3, -0.25) is 5.10 Å². The molecule has 3 heterocycles. The Labute approximate surface area is 170 Å². The molecule has 2 aromatic heterocycles. The van der Waals surface area contributed by atoms with E-state index in [0.717, 1.165) is 39.2 Å². The first kappa shape index (κ1) is 17.3. The minimum atomic E-state index is 0.278. The molecule has 0 amide bonds. The number of rotatable bonds is 5. The Morgan fingerprint density at radius 1 is 1.04 bits per heavy atom. The van der Waals surface area contributed by atoms with Gasteiger partial charge in [-0.25, -0.2) is 9.97 Å². The van der Waals surface area contributed by atoms with Crippen molar-refractivity contribution in [2.24, 2.45) is 0 Å². The number of nitrogens with one attached hydrogen (secondary N) is 1. The zero-order valence-electron chi connectivity index (χ0n) is 15.0. The molecule has 0 bridgehead atoms. The average molecular weight is 409 g/mol. The summed E-state index contributed by atoms with van der Waals surface area (Å²) in [5.74, 6) is 3.05. The quantitative estimate of drug-likeness (QED) is 0.472. The summed E-state index contributed by atoms with van der Waals surface area (Å²) in [5.41, 5.74) is 4.29. The maximum atomic E-state index is 5.45. The van der Waals surface area contributed by atoms with Gasteiger partial charge in [0.15, 0.2) is 17.3 Å². The Hall–Kier alpha value is -2.84. The van der Waals surface area contributed by atoms with Crippen LogP contribution in [0.15, 0.2) is 53.0 Å². The van der Waals surface area contributed by atoms with Crippen molar-refractivity contribution in [2.45, 2.75) is 17.8 Å². The molecule has 0 fully saturated rings. The van der Waals surface area contributed by atoms with Crippen molar-refractivity contribution in [2.75, 3.05) is 6.79 Å². The van der Waals surface area contributed by atoms with Gasteiger partial charge in [-0.1, -0.05) is 41.6 Å². The Morgan fingerprint density at radius 3 is 2.75 bits per heavy atom. The summed E-state index contributed by atoms with van der Waals surface area (Å²) in [5, 5.41) is 11.1. The molecular formula is C20H16N4O2S2. The lowest BCUT2D eigenvalue weighted by Gasteiger charge is -1.99. The van der Waals surface area contributed by atoms with E-state index in [4.69, 9.17) is 14.5 Å². The van der Waals surface area contributed by atoms with E-state index < -0.39 is 0 Å². The van der Waals surface area contributed by atoms with Crippen LogP contribution in [-0.2, 0) is 5.75 Å². The van der Waals surface area contributed by atoms with E-state index in [1.807, 2.05) is 30.3 Å². The van der Waals surface area contributed by atoms with E-state index >= 15 is 0 Å². The van der Waals surface area contributed by atoms with Crippen molar-refractivity contribution in [1.82, 2.24) is 20.2 Å². The first-order valence-corrected chi connectivity index (χ1v) is 10.6. The minimum Gasteiger partial charge on any atom is -0.454 e. The third kappa shape index (κ3) is 3.48. The molecule has 6 nitrogen and oxygen atoms in total. The van der Waals surface area contributed by atoms with Crippen molar-refractivity contribution in [3.63, 3.8) is 0 Å². The largest absolute Gasteiger partial charge is 0.454 e. The molecular weight excluding hydrogens is 392 g/mol. The highest BCUT2D eigenvalue weighted by molar-refractivity contribution is 7.98. The second-order valence-electron chi connectivity index (χ2n) is 6.33. The van der Waals surface area contributed by atoms with Crippen LogP contribution in [0.5, 0.6) is 11.5 Å². The molecule has 4 aromatic rings. The second-order valence-corrected chi connectivity index (χ2v) is 8.13. The summed E-state index contributed by atoms with van der Waals surface area (Å²) in [6, 6.07) is 14.1. The second kappa shape index (κ2) is 7.29. The summed E-state index contributed by atoms with van der Waals surface area (Å²) in [6.45, 7) is 2.34. The molecule has 0 spiro atoms. The number of thiazole rings is 1. The first-order chi connectivity index (χ1) is 13.7. The van der Waals surface area contributed by atoms with E-state index in [9.17, 15) is 0 Å². The minimum absolute atomic E-state index is 0.278. The van der Waals surface area contributed by atoms with Crippen LogP contribution in [0, 0.1) is 6.92 Å². The molecule has 0 atom stereocenters. The van der Waals surface area contributed by atoms with E-state index in [1.54, 1.807) is 23.1 Å². The summed E-state index contributed by atoms with van der Waals surface area (Å²) in [6.07, 6.45) is 0. The molecule has 28 heavy (non-hydrogen) atoms. The highest BCUT2D eigenvalue weighted by atomic mass is 32.2. The molecule has 140 valence electrons. The molecule has 0 saturated heterocycles. The monoisotopic (exact) mass is 408 g/mol. The van der Waals surface area contributed by atoms with Gasteiger partial charge in [-0.05, 0) is 25.1 Å². The summed E-state index contributed by atoms with van der Waals surface area (Å²) in [4.78, 5) is 9.30. The Bertz CT molecular complexity index is 1120. The molecule has 8 heteroatoms. The van der Waals surface area contributed by atoms with Gasteiger partial charge in [0.2, 0.25) is 11.9 Å². The molecule has 1 aliphatic heterocycles. The molecule has 0 aliphatic carbocycles. The predicted octanol–water partition coefficient (Wildman–Crippen LogP) is 4.92. The highest BCUT2D eigenvalue weighted by Gasteiger charge is 2.15. The number of aromatic amines is 1. The van der Waals surface area contributed by atoms with Gasteiger partial charge in [0.25, 0.3) is 0 Å². The maximum absolute atomic E-state index is 5.45. The Balaban J connectivity index is 1.26. The predicted molar refractivity (Wildman–Crippen MR) is 110 cm³/mol. The summed E-state index contributed by atoms with van der Waals surface area (Å²) < 4.78 is 10.8. The maximum Gasteiger partial charge on any atom is 0.231 e. The number of aryl methyl sites for hydroxylation is 1. The smallest absolute Gasteiger partial charge is 0.231 e. The number of H-pyrrole nitrogens is 1. The molecule has 0 unspecified atom stereocenters. The zero-order valence-corrected chi connectivity index (χ0v) is 16.6. The number of ether oxygens (including phenoxy) is 2. The fourth-order valence-electron chi connectivity index (χ4n) is 2.83. The molecule has 5 rings (SSSR count). The lowest BCUT2D eigenvalue weighted by atomic mass is 10.1. The number of nitrogens with zero attached hydrogens (tertiary/aromatic N) is 3. The Morgan fingerprint density at radius 2 is 1.86 bits per heavy atom. The van der Waals surface area contributed by atoms with E-state index in [1.165, 1.54) is 5.56 Å². The van der Waals surface area contributed by atoms with Crippen molar-refractivity contribution in [1.29, 1.82) is 0 Å². The lowest BCUT2D eigenvalue weighted by molar-refractivity contribution is 0.174. The Kier molecular flexibility index (Phi) is 4.50. The number of thioether (sulfide) groups is 1. The third-order valence-corrected chi connectivity index (χ3v) is 6.13. The number of hydrogen-bond acceptors (Lipinski definition) is 7. The molecule has 0 radical (unpaired) electrons. The average Bonchev–Trinajstić information content (AvgIpc) is 3.46. The van der Waals surface area contributed by atoms with Gasteiger partial charge in [-0.15, -0.1) is 16.4 Å². The highest BCUT2D eigenvalue weighted by Crippen LogP contribution is 2.37. The van der Waals surface area contributed by atoms with Crippen LogP contribution in [0.1, 0.15) is 11.3 Å². The van der Waals surface area contributed by atoms with Gasteiger partial charge in [0.05, 0.1) is 5.69 Å². The van der Waals surface area contributed by atoms with E-state index in [2.05, 4.69) is 39.6 Å². The van der Waals surface area contributed by atoms with Crippen LogP contribution in [0.3, 0.4) is 0 Å². The van der Waals surface area contributed by atoms with Gasteiger partial charge in [0.1, 0.15) is 5.01 Å². The van der Waals surface area contributed by atoms with Gasteiger partial charge >= 0.3 is 0 Å². The standard InChI is InChI=1S/C20H16N4O2S2/c1-12-2-4-13(5-3-12)18-22-20(24-23-18)28-10-15-9-27-19(21-15)14-6-7-16-17(8-14)26-11-25-16/h2-9H,10-11H2,1H3,(H,22,23,24).